The zero-order chi connectivity index (χ0) is 18.0. The number of nitrogens with one attached hydrogen (secondary N) is 1. The molecule has 0 spiro atoms. The normalized spacial score (nSPS) is 16.8. The fourth-order valence-corrected chi connectivity index (χ4v) is 3.99. The first kappa shape index (κ1) is 17.9. The Labute approximate surface area is 152 Å². The summed E-state index contributed by atoms with van der Waals surface area (Å²) in [5.41, 5.74) is 3.01. The van der Waals surface area contributed by atoms with Crippen LogP contribution in [0.1, 0.15) is 68.8 Å². The van der Waals surface area contributed by atoms with Gasteiger partial charge in [0.05, 0.1) is 5.69 Å². The third kappa shape index (κ3) is 3.71. The largest absolute Gasteiger partial charge is 0.311 e. The first-order chi connectivity index (χ1) is 12.0. The van der Waals surface area contributed by atoms with Crippen molar-refractivity contribution in [1.29, 1.82) is 0 Å². The number of unbranched alkanes of at least 4 members (excludes halogenated alkanes) is 1. The summed E-state index contributed by atoms with van der Waals surface area (Å²) in [5.74, 6) is 1.83. The van der Waals surface area contributed by atoms with Gasteiger partial charge in [-0.3, -0.25) is 4.79 Å². The number of amides is 1. The summed E-state index contributed by atoms with van der Waals surface area (Å²) >= 11 is 1.68. The van der Waals surface area contributed by atoms with Crippen molar-refractivity contribution < 1.29 is 4.79 Å². The number of aromatic nitrogens is 4. The number of fused-ring (bicyclic) bond motifs is 1. The van der Waals surface area contributed by atoms with Gasteiger partial charge in [-0.15, -0.1) is 0 Å². The van der Waals surface area contributed by atoms with E-state index in [0.29, 0.717) is 6.42 Å². The Morgan fingerprint density at radius 2 is 2.08 bits per heavy atom. The van der Waals surface area contributed by atoms with Crippen molar-refractivity contribution in [2.75, 3.05) is 11.1 Å². The second-order valence-electron chi connectivity index (χ2n) is 6.69. The zero-order valence-corrected chi connectivity index (χ0v) is 16.1. The van der Waals surface area contributed by atoms with Crippen LogP contribution in [0.2, 0.25) is 0 Å². The summed E-state index contributed by atoms with van der Waals surface area (Å²) < 4.78 is 1.89. The Bertz CT molecular complexity index is 754. The fraction of sp³-hybridized carbons (Fsp3) is 0.556. The molecule has 2 aromatic rings. The number of carbonyl (C=O) groups is 1. The van der Waals surface area contributed by atoms with Crippen molar-refractivity contribution in [3.05, 3.63) is 29.2 Å². The van der Waals surface area contributed by atoms with Gasteiger partial charge in [0, 0.05) is 42.1 Å². The van der Waals surface area contributed by atoms with E-state index in [4.69, 9.17) is 0 Å². The van der Waals surface area contributed by atoms with Crippen LogP contribution in [0.15, 0.2) is 17.6 Å². The van der Waals surface area contributed by atoms with Crippen LogP contribution in [0.25, 0.3) is 0 Å². The summed E-state index contributed by atoms with van der Waals surface area (Å²) in [4.78, 5) is 21.2. The van der Waals surface area contributed by atoms with Gasteiger partial charge in [0.15, 0.2) is 5.16 Å². The van der Waals surface area contributed by atoms with Gasteiger partial charge < -0.3 is 5.32 Å². The van der Waals surface area contributed by atoms with Crippen molar-refractivity contribution in [3.63, 3.8) is 0 Å². The number of aryl methyl sites for hydroxylation is 1. The SMILES string of the molecule is CCCCSc1ncc([C@H]2CC(=O)Nc3c2c(C)nn3C(C)C)cn1. The lowest BCUT2D eigenvalue weighted by Crippen LogP contribution is -2.25. The highest BCUT2D eigenvalue weighted by Gasteiger charge is 2.33. The Kier molecular flexibility index (Phi) is 5.42. The molecule has 0 radical (unpaired) electrons. The Morgan fingerprint density at radius 1 is 1.36 bits per heavy atom. The number of thioether (sulfide) groups is 1. The minimum Gasteiger partial charge on any atom is -0.311 e. The molecule has 1 atom stereocenters. The molecule has 134 valence electrons. The van der Waals surface area contributed by atoms with Crippen molar-refractivity contribution in [1.82, 2.24) is 19.7 Å². The molecule has 0 fully saturated rings. The molecule has 1 aliphatic rings. The van der Waals surface area contributed by atoms with E-state index in [9.17, 15) is 4.79 Å². The monoisotopic (exact) mass is 359 g/mol. The van der Waals surface area contributed by atoms with Crippen LogP contribution >= 0.6 is 11.8 Å². The third-order valence-electron chi connectivity index (χ3n) is 4.40. The molecular weight excluding hydrogens is 334 g/mol. The molecule has 0 aliphatic carbocycles. The van der Waals surface area contributed by atoms with Gasteiger partial charge in [0.2, 0.25) is 5.91 Å². The number of nitrogens with zero attached hydrogens (tertiary/aromatic N) is 4. The molecule has 1 aliphatic heterocycles. The maximum absolute atomic E-state index is 12.2. The van der Waals surface area contributed by atoms with E-state index < -0.39 is 0 Å². The standard InChI is InChI=1S/C18H25N5OS/c1-5-6-7-25-18-19-9-13(10-20-18)14-8-15(24)21-17-16(14)12(4)22-23(17)11(2)3/h9-11,14H,5-8H2,1-4H3,(H,21,24)/t14-/m1/s1. The summed E-state index contributed by atoms with van der Waals surface area (Å²) in [5, 5.41) is 8.42. The number of hydrogen-bond donors (Lipinski definition) is 1. The maximum atomic E-state index is 12.2. The third-order valence-corrected chi connectivity index (χ3v) is 5.36. The average molecular weight is 359 g/mol. The van der Waals surface area contributed by atoms with Gasteiger partial charge >= 0.3 is 0 Å². The molecule has 3 heterocycles. The quantitative estimate of drug-likeness (QED) is 0.481. The summed E-state index contributed by atoms with van der Waals surface area (Å²) in [6, 6.07) is 0.190. The lowest BCUT2D eigenvalue weighted by molar-refractivity contribution is -0.116. The van der Waals surface area contributed by atoms with Crippen LogP contribution in [0.5, 0.6) is 0 Å². The molecule has 1 amide bonds. The molecule has 0 saturated carbocycles. The molecule has 3 rings (SSSR count). The second kappa shape index (κ2) is 7.56. The fourth-order valence-electron chi connectivity index (χ4n) is 3.12. The van der Waals surface area contributed by atoms with E-state index in [1.54, 1.807) is 11.8 Å². The van der Waals surface area contributed by atoms with E-state index in [2.05, 4.69) is 41.2 Å². The molecule has 25 heavy (non-hydrogen) atoms. The first-order valence-corrected chi connectivity index (χ1v) is 9.83. The summed E-state index contributed by atoms with van der Waals surface area (Å²) in [6.07, 6.45) is 6.46. The highest BCUT2D eigenvalue weighted by Crippen LogP contribution is 2.39. The van der Waals surface area contributed by atoms with Crippen LogP contribution < -0.4 is 5.32 Å². The number of rotatable bonds is 6. The average Bonchev–Trinajstić information content (AvgIpc) is 2.92. The number of anilines is 1. The van der Waals surface area contributed by atoms with Crippen LogP contribution in [-0.2, 0) is 4.79 Å². The Hall–Kier alpha value is -1.89. The molecule has 0 unspecified atom stereocenters. The van der Waals surface area contributed by atoms with Crippen LogP contribution in [0.4, 0.5) is 5.82 Å². The minimum atomic E-state index is -0.0362. The molecule has 1 N–H and O–H groups in total. The molecule has 6 nitrogen and oxygen atoms in total. The smallest absolute Gasteiger partial charge is 0.226 e. The van der Waals surface area contributed by atoms with E-state index in [-0.39, 0.29) is 17.9 Å². The summed E-state index contributed by atoms with van der Waals surface area (Å²) in [6.45, 7) is 8.30. The lowest BCUT2D eigenvalue weighted by atomic mass is 9.87. The van der Waals surface area contributed by atoms with Crippen molar-refractivity contribution in [2.24, 2.45) is 0 Å². The first-order valence-electron chi connectivity index (χ1n) is 8.84. The molecule has 7 heteroatoms. The van der Waals surface area contributed by atoms with Gasteiger partial charge in [-0.25, -0.2) is 14.6 Å². The highest BCUT2D eigenvalue weighted by atomic mass is 32.2. The van der Waals surface area contributed by atoms with Crippen molar-refractivity contribution >= 4 is 23.5 Å². The van der Waals surface area contributed by atoms with E-state index in [1.807, 2.05) is 24.0 Å². The highest BCUT2D eigenvalue weighted by molar-refractivity contribution is 7.99. The molecule has 0 bridgehead atoms. The molecule has 0 saturated heterocycles. The Balaban J connectivity index is 1.90. The molecule has 0 aromatic carbocycles. The van der Waals surface area contributed by atoms with Crippen LogP contribution in [0, 0.1) is 6.92 Å². The van der Waals surface area contributed by atoms with Gasteiger partial charge in [-0.05, 0) is 32.8 Å². The van der Waals surface area contributed by atoms with Gasteiger partial charge in [0.25, 0.3) is 0 Å². The predicted molar refractivity (Wildman–Crippen MR) is 100 cm³/mol. The van der Waals surface area contributed by atoms with Crippen molar-refractivity contribution in [3.8, 4) is 0 Å². The van der Waals surface area contributed by atoms with E-state index >= 15 is 0 Å². The van der Waals surface area contributed by atoms with E-state index in [0.717, 1.165) is 40.0 Å². The topological polar surface area (TPSA) is 72.7 Å². The van der Waals surface area contributed by atoms with Crippen LogP contribution in [0.3, 0.4) is 0 Å². The van der Waals surface area contributed by atoms with Gasteiger partial charge in [-0.2, -0.15) is 5.10 Å². The lowest BCUT2D eigenvalue weighted by Gasteiger charge is -2.24. The Morgan fingerprint density at radius 3 is 2.72 bits per heavy atom. The zero-order valence-electron chi connectivity index (χ0n) is 15.2. The minimum absolute atomic E-state index is 0.0145. The second-order valence-corrected chi connectivity index (χ2v) is 7.75. The predicted octanol–water partition coefficient (Wildman–Crippen LogP) is 3.93. The molecular formula is C18H25N5OS. The number of carbonyl (C=O) groups excluding carboxylic acids is 1. The van der Waals surface area contributed by atoms with Crippen LogP contribution in [-0.4, -0.2) is 31.4 Å². The van der Waals surface area contributed by atoms with Gasteiger partial charge in [-0.1, -0.05) is 25.1 Å². The summed E-state index contributed by atoms with van der Waals surface area (Å²) in [7, 11) is 0. The molecule has 2 aromatic heterocycles. The van der Waals surface area contributed by atoms with Gasteiger partial charge in [0.1, 0.15) is 5.82 Å². The van der Waals surface area contributed by atoms with Crippen molar-refractivity contribution in [2.45, 2.75) is 64.1 Å². The maximum Gasteiger partial charge on any atom is 0.226 e. The number of hydrogen-bond acceptors (Lipinski definition) is 5. The van der Waals surface area contributed by atoms with E-state index in [1.165, 1.54) is 6.42 Å².